The molecule has 0 unspecified atom stereocenters. The fourth-order valence-electron chi connectivity index (χ4n) is 2.20. The van der Waals surface area contributed by atoms with Crippen LogP contribution in [0.15, 0.2) is 42.5 Å². The third-order valence-corrected chi connectivity index (χ3v) is 3.37. The Morgan fingerprint density at radius 3 is 2.48 bits per heavy atom. The molecule has 0 spiro atoms. The molecule has 0 radical (unpaired) electrons. The minimum Gasteiger partial charge on any atom is -0.366 e. The molecule has 0 saturated carbocycles. The molecule has 2 N–H and O–H groups in total. The summed E-state index contributed by atoms with van der Waals surface area (Å²) in [5.74, 6) is -0.507. The minimum absolute atomic E-state index is 0.125. The lowest BCUT2D eigenvalue weighted by Gasteiger charge is -2.19. The maximum absolute atomic E-state index is 11.2. The maximum atomic E-state index is 11.2. The van der Waals surface area contributed by atoms with Crippen molar-refractivity contribution in [2.75, 3.05) is 11.9 Å². The number of nitrogens with zero attached hydrogens (tertiary/aromatic N) is 3. The fourth-order valence-corrected chi connectivity index (χ4v) is 2.20. The predicted octanol–water partition coefficient (Wildman–Crippen LogP) is 2.20. The number of nitrogens with two attached hydrogens (primary N) is 1. The molecule has 0 aliphatic carbocycles. The number of benzene rings is 2. The summed E-state index contributed by atoms with van der Waals surface area (Å²) in [5.41, 5.74) is 6.98. The van der Waals surface area contributed by atoms with E-state index in [1.54, 1.807) is 42.3 Å². The summed E-state index contributed by atoms with van der Waals surface area (Å²) in [6, 6.07) is 12.9. The number of hydrogen-bond acceptors (Lipinski definition) is 5. The van der Waals surface area contributed by atoms with E-state index in [1.165, 1.54) is 12.1 Å². The molecular weight excluding hydrogens is 296 g/mol. The first-order chi connectivity index (χ1) is 10.9. The van der Waals surface area contributed by atoms with Crippen LogP contribution in [0.1, 0.15) is 21.5 Å². The number of carbonyl (C=O) groups is 1. The van der Waals surface area contributed by atoms with E-state index in [-0.39, 0.29) is 11.3 Å². The minimum atomic E-state index is -0.511. The lowest BCUT2D eigenvalue weighted by Crippen LogP contribution is -2.18. The molecule has 116 valence electrons. The zero-order chi connectivity index (χ0) is 17.0. The molecule has 0 bridgehead atoms. The Bertz CT molecular complexity index is 794. The van der Waals surface area contributed by atoms with Gasteiger partial charge in [-0.25, -0.2) is 0 Å². The monoisotopic (exact) mass is 310 g/mol. The van der Waals surface area contributed by atoms with Gasteiger partial charge in [0.1, 0.15) is 5.69 Å². The standard InChI is InChI=1S/C16H14N4O3/c1-19(10-11-2-5-13(6-3-11)16(18)21)14-7-4-12(9-17)8-15(14)20(22)23/h2-8H,10H2,1H3,(H2,18,21). The number of anilines is 1. The van der Waals surface area contributed by atoms with Gasteiger partial charge in [-0.05, 0) is 29.8 Å². The molecule has 0 aliphatic heterocycles. The predicted molar refractivity (Wildman–Crippen MR) is 84.9 cm³/mol. The highest BCUT2D eigenvalue weighted by molar-refractivity contribution is 5.92. The average molecular weight is 310 g/mol. The lowest BCUT2D eigenvalue weighted by molar-refractivity contribution is -0.384. The number of nitro groups is 1. The fraction of sp³-hybridized carbons (Fsp3) is 0.125. The van der Waals surface area contributed by atoms with E-state index in [1.807, 2.05) is 6.07 Å². The molecule has 23 heavy (non-hydrogen) atoms. The van der Waals surface area contributed by atoms with Crippen LogP contribution in [0.4, 0.5) is 11.4 Å². The van der Waals surface area contributed by atoms with Crippen LogP contribution in [-0.4, -0.2) is 17.9 Å². The van der Waals surface area contributed by atoms with Crippen molar-refractivity contribution < 1.29 is 9.72 Å². The van der Waals surface area contributed by atoms with Gasteiger partial charge < -0.3 is 10.6 Å². The van der Waals surface area contributed by atoms with Gasteiger partial charge in [-0.3, -0.25) is 14.9 Å². The van der Waals surface area contributed by atoms with Crippen LogP contribution in [0, 0.1) is 21.4 Å². The number of nitro benzene ring substituents is 1. The number of hydrogen-bond donors (Lipinski definition) is 1. The van der Waals surface area contributed by atoms with Crippen LogP contribution >= 0.6 is 0 Å². The van der Waals surface area contributed by atoms with Crippen molar-refractivity contribution in [1.82, 2.24) is 0 Å². The van der Waals surface area contributed by atoms with E-state index in [0.717, 1.165) is 5.56 Å². The van der Waals surface area contributed by atoms with Gasteiger partial charge in [0.25, 0.3) is 5.69 Å². The van der Waals surface area contributed by atoms with Gasteiger partial charge in [-0.15, -0.1) is 0 Å². The first-order valence-electron chi connectivity index (χ1n) is 6.71. The maximum Gasteiger partial charge on any atom is 0.293 e. The number of nitriles is 1. The van der Waals surface area contributed by atoms with Gasteiger partial charge in [0.2, 0.25) is 5.91 Å². The molecule has 1 amide bonds. The summed E-state index contributed by atoms with van der Waals surface area (Å²) in [4.78, 5) is 23.4. The SMILES string of the molecule is CN(Cc1ccc(C(N)=O)cc1)c1ccc(C#N)cc1[N+](=O)[O-]. The molecule has 0 aliphatic rings. The molecule has 0 heterocycles. The topological polar surface area (TPSA) is 113 Å². The summed E-state index contributed by atoms with van der Waals surface area (Å²) in [6.45, 7) is 0.409. The number of carbonyl (C=O) groups excluding carboxylic acids is 1. The van der Waals surface area contributed by atoms with Crippen molar-refractivity contribution in [2.45, 2.75) is 6.54 Å². The van der Waals surface area contributed by atoms with E-state index in [4.69, 9.17) is 11.0 Å². The summed E-state index contributed by atoms with van der Waals surface area (Å²) in [7, 11) is 1.72. The Balaban J connectivity index is 2.27. The summed E-state index contributed by atoms with van der Waals surface area (Å²) < 4.78 is 0. The van der Waals surface area contributed by atoms with Gasteiger partial charge in [0, 0.05) is 25.2 Å². The summed E-state index contributed by atoms with van der Waals surface area (Å²) in [6.07, 6.45) is 0. The van der Waals surface area contributed by atoms with E-state index in [9.17, 15) is 14.9 Å². The Morgan fingerprint density at radius 1 is 1.30 bits per heavy atom. The first kappa shape index (κ1) is 16.0. The Kier molecular flexibility index (Phi) is 4.57. The van der Waals surface area contributed by atoms with Gasteiger partial charge in [0.15, 0.2) is 0 Å². The number of rotatable bonds is 5. The molecule has 0 aromatic heterocycles. The number of primary amides is 1. The normalized spacial score (nSPS) is 9.91. The van der Waals surface area contributed by atoms with Crippen LogP contribution in [0.5, 0.6) is 0 Å². The second-order valence-corrected chi connectivity index (χ2v) is 4.99. The Labute approximate surface area is 132 Å². The zero-order valence-electron chi connectivity index (χ0n) is 12.4. The van der Waals surface area contributed by atoms with Crippen LogP contribution in [0.3, 0.4) is 0 Å². The third kappa shape index (κ3) is 3.63. The second-order valence-electron chi connectivity index (χ2n) is 4.99. The Morgan fingerprint density at radius 2 is 1.96 bits per heavy atom. The molecule has 2 aromatic carbocycles. The van der Waals surface area contributed by atoms with Crippen molar-refractivity contribution in [3.05, 3.63) is 69.3 Å². The lowest BCUT2D eigenvalue weighted by atomic mass is 10.1. The quantitative estimate of drug-likeness (QED) is 0.671. The number of amides is 1. The van der Waals surface area contributed by atoms with E-state index >= 15 is 0 Å². The molecule has 2 rings (SSSR count). The van der Waals surface area contributed by atoms with Crippen molar-refractivity contribution in [1.29, 1.82) is 5.26 Å². The van der Waals surface area contributed by atoms with Gasteiger partial charge in [-0.2, -0.15) is 5.26 Å². The van der Waals surface area contributed by atoms with Crippen molar-refractivity contribution in [3.63, 3.8) is 0 Å². The Hall–Kier alpha value is -3.40. The molecule has 0 fully saturated rings. The van der Waals surface area contributed by atoms with Crippen LogP contribution < -0.4 is 10.6 Å². The van der Waals surface area contributed by atoms with Crippen LogP contribution in [0.2, 0.25) is 0 Å². The molecular formula is C16H14N4O3. The van der Waals surface area contributed by atoms with Crippen molar-refractivity contribution in [3.8, 4) is 6.07 Å². The zero-order valence-corrected chi connectivity index (χ0v) is 12.4. The van der Waals surface area contributed by atoms with Crippen molar-refractivity contribution >= 4 is 17.3 Å². The molecule has 7 heteroatoms. The first-order valence-corrected chi connectivity index (χ1v) is 6.71. The highest BCUT2D eigenvalue weighted by atomic mass is 16.6. The van der Waals surface area contributed by atoms with E-state index in [2.05, 4.69) is 0 Å². The van der Waals surface area contributed by atoms with Crippen molar-refractivity contribution in [2.24, 2.45) is 5.73 Å². The summed E-state index contributed by atoms with van der Waals surface area (Å²) >= 11 is 0. The highest BCUT2D eigenvalue weighted by Crippen LogP contribution is 2.29. The molecule has 0 saturated heterocycles. The van der Waals surface area contributed by atoms with Gasteiger partial charge >= 0.3 is 0 Å². The van der Waals surface area contributed by atoms with Crippen LogP contribution in [-0.2, 0) is 6.54 Å². The second kappa shape index (κ2) is 6.58. The highest BCUT2D eigenvalue weighted by Gasteiger charge is 2.18. The van der Waals surface area contributed by atoms with E-state index < -0.39 is 10.8 Å². The summed E-state index contributed by atoms with van der Waals surface area (Å²) in [5, 5.41) is 20.0. The molecule has 2 aromatic rings. The van der Waals surface area contributed by atoms with Gasteiger partial charge in [-0.1, -0.05) is 12.1 Å². The smallest absolute Gasteiger partial charge is 0.293 e. The molecule has 0 atom stereocenters. The average Bonchev–Trinajstić information content (AvgIpc) is 2.54. The van der Waals surface area contributed by atoms with E-state index in [0.29, 0.717) is 17.8 Å². The molecule has 7 nitrogen and oxygen atoms in total. The van der Waals surface area contributed by atoms with Gasteiger partial charge in [0.05, 0.1) is 16.6 Å². The van der Waals surface area contributed by atoms with Crippen LogP contribution in [0.25, 0.3) is 0 Å². The largest absolute Gasteiger partial charge is 0.366 e. The third-order valence-electron chi connectivity index (χ3n) is 3.37.